The number of ketones is 1. The lowest BCUT2D eigenvalue weighted by Gasteiger charge is -2.26. The summed E-state index contributed by atoms with van der Waals surface area (Å²) in [5.74, 6) is 0.333. The summed E-state index contributed by atoms with van der Waals surface area (Å²) >= 11 is 0. The van der Waals surface area contributed by atoms with E-state index >= 15 is 0 Å². The molecule has 1 aromatic carbocycles. The molecule has 0 aromatic heterocycles. The highest BCUT2D eigenvalue weighted by atomic mass is 16.6. The van der Waals surface area contributed by atoms with Gasteiger partial charge in [-0.15, -0.1) is 0 Å². The number of hydrogen-bond acceptors (Lipinski definition) is 7. The first-order chi connectivity index (χ1) is 20.2. The minimum Gasteiger partial charge on any atom is -0.461 e. The molecule has 42 heavy (non-hydrogen) atoms. The highest BCUT2D eigenvalue weighted by molar-refractivity contribution is 6.09. The van der Waals surface area contributed by atoms with Crippen LogP contribution in [0.4, 0.5) is 5.69 Å². The molecule has 0 aliphatic carbocycles. The molecule has 0 spiro atoms. The number of carbonyl (C=O) groups excluding carboxylic acids is 2. The first-order valence-electron chi connectivity index (χ1n) is 15.5. The fourth-order valence-electron chi connectivity index (χ4n) is 5.56. The maximum atomic E-state index is 13.1. The predicted octanol–water partition coefficient (Wildman–Crippen LogP) is 6.62. The molecule has 1 fully saturated rings. The van der Waals surface area contributed by atoms with Crippen LogP contribution >= 0.6 is 0 Å². The van der Waals surface area contributed by atoms with Crippen molar-refractivity contribution in [1.82, 2.24) is 5.32 Å². The third-order valence-corrected chi connectivity index (χ3v) is 7.99. The average Bonchev–Trinajstić information content (AvgIpc) is 3.16. The molecule has 0 radical (unpaired) electrons. The van der Waals surface area contributed by atoms with Crippen LogP contribution in [0.3, 0.4) is 0 Å². The largest absolute Gasteiger partial charge is 0.461 e. The predicted molar refractivity (Wildman–Crippen MR) is 169 cm³/mol. The number of rotatable bonds is 15. The summed E-state index contributed by atoms with van der Waals surface area (Å²) in [7, 11) is 1.73. The fraction of sp³-hybridized carbons (Fsp3) is 0.571. The molecule has 0 saturated carbocycles. The van der Waals surface area contributed by atoms with Gasteiger partial charge >= 0.3 is 5.97 Å². The molecule has 7 nitrogen and oxygen atoms in total. The molecule has 0 bridgehead atoms. The van der Waals surface area contributed by atoms with Crippen molar-refractivity contribution in [3.63, 3.8) is 0 Å². The van der Waals surface area contributed by atoms with Gasteiger partial charge in [-0.3, -0.25) is 14.6 Å². The zero-order chi connectivity index (χ0) is 30.5. The van der Waals surface area contributed by atoms with Gasteiger partial charge in [0.1, 0.15) is 12.1 Å². The lowest BCUT2D eigenvalue weighted by Crippen LogP contribution is -2.41. The van der Waals surface area contributed by atoms with Gasteiger partial charge in [-0.05, 0) is 92.4 Å². The van der Waals surface area contributed by atoms with Crippen LogP contribution < -0.4 is 5.32 Å². The Hall–Kier alpha value is -2.87. The molecule has 1 unspecified atom stereocenters. The smallest absolute Gasteiger partial charge is 0.323 e. The number of benzene rings is 1. The third kappa shape index (κ3) is 10.1. The maximum Gasteiger partial charge on any atom is 0.323 e. The van der Waals surface area contributed by atoms with Crippen LogP contribution in [0.15, 0.2) is 59.1 Å². The second kappa shape index (κ2) is 17.3. The van der Waals surface area contributed by atoms with E-state index in [9.17, 15) is 9.59 Å². The minimum absolute atomic E-state index is 0.0694. The first-order valence-corrected chi connectivity index (χ1v) is 15.5. The van der Waals surface area contributed by atoms with Crippen molar-refractivity contribution in [2.45, 2.75) is 91.3 Å². The molecular formula is C35H50N2O5. The first kappa shape index (κ1) is 33.6. The lowest BCUT2D eigenvalue weighted by atomic mass is 9.87. The number of fused-ring (bicyclic) bond motifs is 1. The van der Waals surface area contributed by atoms with E-state index in [1.54, 1.807) is 7.11 Å². The zero-order valence-electron chi connectivity index (χ0n) is 26.2. The maximum absolute atomic E-state index is 13.1. The topological polar surface area (TPSA) is 86.2 Å². The van der Waals surface area contributed by atoms with Crippen LogP contribution in [0.1, 0.15) is 77.3 Å². The van der Waals surface area contributed by atoms with Crippen LogP contribution in [-0.4, -0.2) is 56.5 Å². The Kier molecular flexibility index (Phi) is 13.8. The van der Waals surface area contributed by atoms with Crippen molar-refractivity contribution >= 4 is 23.2 Å². The lowest BCUT2D eigenvalue weighted by molar-refractivity contribution is -0.156. The van der Waals surface area contributed by atoms with Gasteiger partial charge < -0.3 is 19.5 Å². The molecule has 0 amide bonds. The summed E-state index contributed by atoms with van der Waals surface area (Å²) in [6, 6.07) is 6.06. The number of hydrogen-bond donors (Lipinski definition) is 1. The summed E-state index contributed by atoms with van der Waals surface area (Å²) < 4.78 is 16.6. The molecule has 2 aliphatic heterocycles. The molecule has 1 saturated heterocycles. The molecule has 1 N–H and O–H groups in total. The van der Waals surface area contributed by atoms with E-state index in [1.807, 2.05) is 26.0 Å². The number of methoxy groups -OCH3 is 1. The van der Waals surface area contributed by atoms with Gasteiger partial charge in [-0.25, -0.2) is 0 Å². The van der Waals surface area contributed by atoms with Crippen molar-refractivity contribution < 1.29 is 23.8 Å². The van der Waals surface area contributed by atoms with E-state index < -0.39 is 0 Å². The van der Waals surface area contributed by atoms with Gasteiger partial charge in [-0.1, -0.05) is 38.6 Å². The third-order valence-electron chi connectivity index (χ3n) is 7.99. The second-order valence-electron chi connectivity index (χ2n) is 11.8. The molecule has 1 aromatic rings. The zero-order valence-corrected chi connectivity index (χ0v) is 26.2. The van der Waals surface area contributed by atoms with Gasteiger partial charge in [0.2, 0.25) is 0 Å². The van der Waals surface area contributed by atoms with Crippen LogP contribution in [0.2, 0.25) is 0 Å². The normalized spacial score (nSPS) is 19.1. The van der Waals surface area contributed by atoms with Crippen LogP contribution in [0, 0.1) is 11.8 Å². The SMILES string of the molecule is C=CC(=O)/C(C)=C\C(=C/C)C1=Nc2cc(CN[C@@H](CC(C)C)C(=O)OC3CCOCC3)ccc2CCC1CCCOC. The number of ether oxygens (including phenoxy) is 3. The quantitative estimate of drug-likeness (QED) is 0.109. The Balaban J connectivity index is 1.85. The number of aryl methyl sites for hydroxylation is 1. The highest BCUT2D eigenvalue weighted by Gasteiger charge is 2.26. The number of esters is 1. The van der Waals surface area contributed by atoms with Crippen molar-refractivity contribution in [2.24, 2.45) is 16.8 Å². The van der Waals surface area contributed by atoms with E-state index in [2.05, 4.69) is 43.9 Å². The Morgan fingerprint density at radius 2 is 1.98 bits per heavy atom. The Morgan fingerprint density at radius 3 is 2.64 bits per heavy atom. The Labute approximate surface area is 252 Å². The fourth-order valence-corrected chi connectivity index (χ4v) is 5.56. The number of aliphatic imine (C=N–C) groups is 1. The van der Waals surface area contributed by atoms with Crippen molar-refractivity contribution in [3.05, 3.63) is 65.3 Å². The summed E-state index contributed by atoms with van der Waals surface area (Å²) in [4.78, 5) is 30.6. The van der Waals surface area contributed by atoms with Gasteiger partial charge in [0.05, 0.1) is 24.6 Å². The summed E-state index contributed by atoms with van der Waals surface area (Å²) in [6.45, 7) is 14.2. The van der Waals surface area contributed by atoms with E-state index in [0.29, 0.717) is 44.3 Å². The van der Waals surface area contributed by atoms with Gasteiger partial charge in [0, 0.05) is 39.0 Å². The van der Waals surface area contributed by atoms with Crippen LogP contribution in [0.25, 0.3) is 0 Å². The molecule has 7 heteroatoms. The summed E-state index contributed by atoms with van der Waals surface area (Å²) in [5.41, 5.74) is 5.84. The Bertz CT molecular complexity index is 1160. The number of nitrogens with zero attached hydrogens (tertiary/aromatic N) is 1. The van der Waals surface area contributed by atoms with Crippen molar-refractivity contribution in [1.29, 1.82) is 0 Å². The minimum atomic E-state index is -0.374. The summed E-state index contributed by atoms with van der Waals surface area (Å²) in [5, 5.41) is 3.48. The van der Waals surface area contributed by atoms with E-state index in [4.69, 9.17) is 19.2 Å². The molecule has 230 valence electrons. The average molecular weight is 579 g/mol. The number of carbonyl (C=O) groups is 2. The van der Waals surface area contributed by atoms with Gasteiger partial charge in [0.15, 0.2) is 5.78 Å². The highest BCUT2D eigenvalue weighted by Crippen LogP contribution is 2.33. The van der Waals surface area contributed by atoms with Crippen LogP contribution in [-0.2, 0) is 36.8 Å². The molecule has 2 heterocycles. The standard InChI is InChI=1S/C35H50N2O5/c1-7-27(21-25(5)33(38)8-2)34-29(10-9-17-40-6)14-13-28-12-11-26(22-31(28)37-34)23-36-32(20-24(3)4)35(39)42-30-15-18-41-19-16-30/h7-8,11-12,21-22,24,29-30,32,36H,2,9-10,13-20,23H2,1,3-6H3/b25-21-,27-7+/t29?,32-/m0/s1. The van der Waals surface area contributed by atoms with Crippen molar-refractivity contribution in [3.8, 4) is 0 Å². The van der Waals surface area contributed by atoms with E-state index in [0.717, 1.165) is 61.1 Å². The molecule has 2 aliphatic rings. The van der Waals surface area contributed by atoms with Crippen LogP contribution in [0.5, 0.6) is 0 Å². The molecular weight excluding hydrogens is 528 g/mol. The number of nitrogens with one attached hydrogen (secondary N) is 1. The van der Waals surface area contributed by atoms with Gasteiger partial charge in [-0.2, -0.15) is 0 Å². The second-order valence-corrected chi connectivity index (χ2v) is 11.8. The molecule has 3 rings (SSSR count). The summed E-state index contributed by atoms with van der Waals surface area (Å²) in [6.07, 6.45) is 11.3. The number of allylic oxidation sites excluding steroid dienone is 5. The van der Waals surface area contributed by atoms with Crippen molar-refractivity contribution in [2.75, 3.05) is 26.9 Å². The monoisotopic (exact) mass is 578 g/mol. The molecule has 2 atom stereocenters. The van der Waals surface area contributed by atoms with E-state index in [-0.39, 0.29) is 29.8 Å². The van der Waals surface area contributed by atoms with Gasteiger partial charge in [0.25, 0.3) is 0 Å². The van der Waals surface area contributed by atoms with E-state index in [1.165, 1.54) is 11.6 Å². The Morgan fingerprint density at radius 1 is 1.21 bits per heavy atom.